The molecule has 0 heterocycles. The van der Waals surface area contributed by atoms with Gasteiger partial charge >= 0.3 is 0 Å². The second kappa shape index (κ2) is 6.78. The quantitative estimate of drug-likeness (QED) is 0.817. The van der Waals surface area contributed by atoms with Gasteiger partial charge in [0.25, 0.3) is 5.91 Å². The summed E-state index contributed by atoms with van der Waals surface area (Å²) in [5.41, 5.74) is 8.33. The number of rotatable bonds is 5. The number of nitrogens with one attached hydrogen (secondary N) is 1. The summed E-state index contributed by atoms with van der Waals surface area (Å²) in [4.78, 5) is 12.3. The van der Waals surface area contributed by atoms with E-state index in [2.05, 4.69) is 24.1 Å². The number of nitrogens with two attached hydrogens (primary N) is 1. The molecule has 0 radical (unpaired) electrons. The fraction of sp³-hybridized carbons (Fsp3) is 0.500. The topological polar surface area (TPSA) is 55.1 Å². The molecule has 1 aromatic rings. The molecule has 1 aliphatic carbocycles. The van der Waals surface area contributed by atoms with Crippen molar-refractivity contribution in [2.75, 3.05) is 13.1 Å². The predicted octanol–water partition coefficient (Wildman–Crippen LogP) is 2.62. The van der Waals surface area contributed by atoms with Crippen LogP contribution in [0.15, 0.2) is 18.2 Å². The largest absolute Gasteiger partial charge is 0.351 e. The zero-order valence-electron chi connectivity index (χ0n) is 13.0. The maximum absolute atomic E-state index is 12.3. The number of carbonyl (C=O) groups is 1. The van der Waals surface area contributed by atoms with Crippen LogP contribution in [0.5, 0.6) is 0 Å². The molecule has 0 aliphatic heterocycles. The minimum Gasteiger partial charge on any atom is -0.351 e. The number of hydrogen-bond donors (Lipinski definition) is 2. The Bertz CT molecular complexity index is 577. The highest BCUT2D eigenvalue weighted by Gasteiger charge is 2.41. The van der Waals surface area contributed by atoms with Gasteiger partial charge in [-0.2, -0.15) is 0 Å². The van der Waals surface area contributed by atoms with Crippen LogP contribution < -0.4 is 11.1 Å². The van der Waals surface area contributed by atoms with Crippen molar-refractivity contribution < 1.29 is 4.79 Å². The minimum absolute atomic E-state index is 0.00289. The summed E-state index contributed by atoms with van der Waals surface area (Å²) < 4.78 is 0. The Balaban J connectivity index is 2.03. The molecule has 3 nitrogen and oxygen atoms in total. The predicted molar refractivity (Wildman–Crippen MR) is 86.0 cm³/mol. The molecule has 0 spiro atoms. The molecule has 0 atom stereocenters. The van der Waals surface area contributed by atoms with Crippen LogP contribution in [0.2, 0.25) is 0 Å². The molecule has 0 aromatic heterocycles. The fourth-order valence-corrected chi connectivity index (χ4v) is 2.73. The zero-order chi connectivity index (χ0) is 15.3. The maximum atomic E-state index is 12.3. The highest BCUT2D eigenvalue weighted by molar-refractivity contribution is 5.94. The first-order valence-electron chi connectivity index (χ1n) is 7.67. The van der Waals surface area contributed by atoms with Gasteiger partial charge in [-0.25, -0.2) is 0 Å². The summed E-state index contributed by atoms with van der Waals surface area (Å²) in [6.07, 6.45) is 4.86. The van der Waals surface area contributed by atoms with E-state index in [0.717, 1.165) is 17.7 Å². The van der Waals surface area contributed by atoms with Crippen LogP contribution in [-0.2, 0) is 0 Å². The number of aryl methyl sites for hydroxylation is 1. The van der Waals surface area contributed by atoms with E-state index >= 15 is 0 Å². The Kier molecular flexibility index (Phi) is 5.03. The average molecular weight is 284 g/mol. The Labute approximate surface area is 127 Å². The van der Waals surface area contributed by atoms with Crippen molar-refractivity contribution in [3.05, 3.63) is 34.9 Å². The third-order valence-corrected chi connectivity index (χ3v) is 4.04. The molecule has 3 N–H and O–H groups in total. The van der Waals surface area contributed by atoms with Gasteiger partial charge in [0.05, 0.1) is 6.54 Å². The third-order valence-electron chi connectivity index (χ3n) is 4.04. The SMILES string of the molecule is CCCC1(CNC(=O)c2cc(C)cc(C#CCN)c2)CC1. The third kappa shape index (κ3) is 4.34. The van der Waals surface area contributed by atoms with Crippen molar-refractivity contribution >= 4 is 5.91 Å². The normalized spacial score (nSPS) is 15.0. The standard InChI is InChI=1S/C18H24N2O/c1-3-6-18(7-8-18)13-20-17(21)16-11-14(2)10-15(12-16)5-4-9-19/h10-12H,3,6-9,13,19H2,1-2H3,(H,20,21). The lowest BCUT2D eigenvalue weighted by Crippen LogP contribution is -2.30. The summed E-state index contributed by atoms with van der Waals surface area (Å²) in [5.74, 6) is 5.81. The van der Waals surface area contributed by atoms with Crippen LogP contribution in [0, 0.1) is 24.2 Å². The Morgan fingerprint density at radius 1 is 1.38 bits per heavy atom. The molecule has 1 saturated carbocycles. The van der Waals surface area contributed by atoms with E-state index in [4.69, 9.17) is 5.73 Å². The van der Waals surface area contributed by atoms with E-state index in [9.17, 15) is 4.79 Å². The molecule has 2 rings (SSSR count). The van der Waals surface area contributed by atoms with E-state index in [1.54, 1.807) is 0 Å². The van der Waals surface area contributed by atoms with E-state index in [1.165, 1.54) is 25.7 Å². The van der Waals surface area contributed by atoms with E-state index in [-0.39, 0.29) is 5.91 Å². The van der Waals surface area contributed by atoms with Gasteiger partial charge in [-0.3, -0.25) is 4.79 Å². The van der Waals surface area contributed by atoms with Gasteiger partial charge in [-0.1, -0.05) is 25.2 Å². The monoisotopic (exact) mass is 284 g/mol. The van der Waals surface area contributed by atoms with Gasteiger partial charge < -0.3 is 11.1 Å². The van der Waals surface area contributed by atoms with E-state index in [0.29, 0.717) is 17.5 Å². The molecule has 1 aromatic carbocycles. The van der Waals surface area contributed by atoms with Crippen molar-refractivity contribution in [1.29, 1.82) is 0 Å². The second-order valence-corrected chi connectivity index (χ2v) is 6.03. The first-order valence-corrected chi connectivity index (χ1v) is 7.67. The molecule has 0 unspecified atom stereocenters. The summed E-state index contributed by atoms with van der Waals surface area (Å²) >= 11 is 0. The van der Waals surface area contributed by atoms with Crippen LogP contribution in [-0.4, -0.2) is 19.0 Å². The lowest BCUT2D eigenvalue weighted by atomic mass is 10.0. The fourth-order valence-electron chi connectivity index (χ4n) is 2.73. The first-order chi connectivity index (χ1) is 10.1. The first kappa shape index (κ1) is 15.6. The lowest BCUT2D eigenvalue weighted by molar-refractivity contribution is 0.0943. The molecular formula is C18H24N2O. The highest BCUT2D eigenvalue weighted by Crippen LogP contribution is 2.48. The molecular weight excluding hydrogens is 260 g/mol. The molecule has 1 amide bonds. The molecule has 0 saturated heterocycles. The molecule has 3 heteroatoms. The van der Waals surface area contributed by atoms with Crippen LogP contribution in [0.1, 0.15) is 54.1 Å². The summed E-state index contributed by atoms with van der Waals surface area (Å²) in [5, 5.41) is 3.09. The number of carbonyl (C=O) groups excluding carboxylic acids is 1. The van der Waals surface area contributed by atoms with Gasteiger partial charge in [-0.15, -0.1) is 0 Å². The number of benzene rings is 1. The lowest BCUT2D eigenvalue weighted by Gasteiger charge is -2.15. The van der Waals surface area contributed by atoms with Crippen molar-refractivity contribution in [3.63, 3.8) is 0 Å². The van der Waals surface area contributed by atoms with Gasteiger partial charge in [-0.05, 0) is 55.4 Å². The van der Waals surface area contributed by atoms with Gasteiger partial charge in [0.2, 0.25) is 0 Å². The molecule has 1 fully saturated rings. The summed E-state index contributed by atoms with van der Waals surface area (Å²) in [6, 6.07) is 5.71. The van der Waals surface area contributed by atoms with Gasteiger partial charge in [0.1, 0.15) is 0 Å². The van der Waals surface area contributed by atoms with Crippen molar-refractivity contribution in [1.82, 2.24) is 5.32 Å². The highest BCUT2D eigenvalue weighted by atomic mass is 16.1. The van der Waals surface area contributed by atoms with Crippen LogP contribution in [0.4, 0.5) is 0 Å². The molecule has 1 aliphatic rings. The average Bonchev–Trinajstić information content (AvgIpc) is 3.22. The molecule has 112 valence electrons. The summed E-state index contributed by atoms with van der Waals surface area (Å²) in [7, 11) is 0. The minimum atomic E-state index is -0.00289. The Morgan fingerprint density at radius 3 is 2.76 bits per heavy atom. The smallest absolute Gasteiger partial charge is 0.251 e. The van der Waals surface area contributed by atoms with Crippen molar-refractivity contribution in [3.8, 4) is 11.8 Å². The van der Waals surface area contributed by atoms with Gasteiger partial charge in [0, 0.05) is 17.7 Å². The van der Waals surface area contributed by atoms with Crippen LogP contribution in [0.3, 0.4) is 0 Å². The number of hydrogen-bond acceptors (Lipinski definition) is 2. The maximum Gasteiger partial charge on any atom is 0.251 e. The number of amides is 1. The van der Waals surface area contributed by atoms with E-state index in [1.807, 2.05) is 25.1 Å². The van der Waals surface area contributed by atoms with Crippen molar-refractivity contribution in [2.45, 2.75) is 39.5 Å². The second-order valence-electron chi connectivity index (χ2n) is 6.03. The Morgan fingerprint density at radius 2 is 2.14 bits per heavy atom. The van der Waals surface area contributed by atoms with E-state index < -0.39 is 0 Å². The molecule has 21 heavy (non-hydrogen) atoms. The Hall–Kier alpha value is -1.79. The van der Waals surface area contributed by atoms with Crippen molar-refractivity contribution in [2.24, 2.45) is 11.1 Å². The summed E-state index contributed by atoms with van der Waals surface area (Å²) in [6.45, 7) is 5.29. The van der Waals surface area contributed by atoms with Gasteiger partial charge in [0.15, 0.2) is 0 Å². The molecule has 0 bridgehead atoms. The van der Waals surface area contributed by atoms with Crippen LogP contribution >= 0.6 is 0 Å². The van der Waals surface area contributed by atoms with Crippen LogP contribution in [0.25, 0.3) is 0 Å². The zero-order valence-corrected chi connectivity index (χ0v) is 13.0.